The van der Waals surface area contributed by atoms with Gasteiger partial charge in [-0.05, 0) is 37.1 Å². The number of amides is 1. The minimum Gasteiger partial charge on any atom is -0.465 e. The van der Waals surface area contributed by atoms with Crippen LogP contribution in [0.15, 0.2) is 39.7 Å². The zero-order chi connectivity index (χ0) is 20.8. The molecule has 9 heteroatoms. The van der Waals surface area contributed by atoms with Crippen molar-refractivity contribution in [1.29, 1.82) is 0 Å². The molecule has 8 nitrogen and oxygen atoms in total. The first-order valence-electron chi connectivity index (χ1n) is 9.53. The van der Waals surface area contributed by atoms with Crippen molar-refractivity contribution in [3.8, 4) is 0 Å². The first-order valence-corrected chi connectivity index (χ1v) is 9.53. The first-order chi connectivity index (χ1) is 14.0. The Hall–Kier alpha value is -2.56. The molecule has 30 heavy (non-hydrogen) atoms. The molecule has 0 spiro atoms. The van der Waals surface area contributed by atoms with E-state index in [0.29, 0.717) is 42.6 Å². The summed E-state index contributed by atoms with van der Waals surface area (Å²) >= 11 is 0. The highest BCUT2D eigenvalue weighted by Gasteiger charge is 2.21. The highest BCUT2D eigenvalue weighted by atomic mass is 127. The normalized spacial score (nSPS) is 13.8. The number of guanidine groups is 1. The number of nitrogens with zero attached hydrogens (tertiary/aromatic N) is 2. The van der Waals surface area contributed by atoms with Gasteiger partial charge in [0, 0.05) is 32.2 Å². The van der Waals surface area contributed by atoms with Gasteiger partial charge in [0.05, 0.1) is 13.7 Å². The number of furan rings is 1. The number of carbonyl (C=O) groups is 2. The number of aliphatic imine (C=N–C) groups is 1. The van der Waals surface area contributed by atoms with Gasteiger partial charge in [-0.2, -0.15) is 0 Å². The number of esters is 1. The number of nitrogens with one attached hydrogen (secondary N) is 2. The maximum atomic E-state index is 11.8. The molecule has 1 aliphatic heterocycles. The van der Waals surface area contributed by atoms with Crippen molar-refractivity contribution in [2.75, 3.05) is 25.6 Å². The summed E-state index contributed by atoms with van der Waals surface area (Å²) in [6, 6.07) is 9.60. The van der Waals surface area contributed by atoms with E-state index in [1.165, 1.54) is 7.11 Å². The standard InChI is InChI=1S/C21H26N4O4.HI/c1-14-18(20(27)28-3)11-17(29-14)13-24-21(22-2)23-12-15-6-8-16(9-7-15)25-10-4-5-19(25)26;/h6-9,11H,4-5,10,12-13H2,1-3H3,(H2,22,23,24);1H. The Bertz CT molecular complexity index is 908. The minimum atomic E-state index is -0.418. The van der Waals surface area contributed by atoms with Crippen molar-refractivity contribution >= 4 is 47.5 Å². The van der Waals surface area contributed by atoms with Crippen LogP contribution in [-0.4, -0.2) is 38.5 Å². The van der Waals surface area contributed by atoms with Gasteiger partial charge in [-0.1, -0.05) is 12.1 Å². The maximum Gasteiger partial charge on any atom is 0.341 e. The number of halogens is 1. The quantitative estimate of drug-likeness (QED) is 0.260. The topological polar surface area (TPSA) is 96.2 Å². The van der Waals surface area contributed by atoms with Crippen molar-refractivity contribution in [2.45, 2.75) is 32.9 Å². The average Bonchev–Trinajstić information content (AvgIpc) is 3.33. The van der Waals surface area contributed by atoms with Crippen LogP contribution >= 0.6 is 24.0 Å². The van der Waals surface area contributed by atoms with Gasteiger partial charge in [-0.3, -0.25) is 9.79 Å². The number of aryl methyl sites for hydroxylation is 1. The van der Waals surface area contributed by atoms with E-state index >= 15 is 0 Å². The molecule has 2 aromatic rings. The minimum absolute atomic E-state index is 0. The molecule has 162 valence electrons. The van der Waals surface area contributed by atoms with Crippen LogP contribution < -0.4 is 15.5 Å². The second kappa shape index (κ2) is 11.0. The SMILES string of the molecule is CN=C(NCc1ccc(N2CCCC2=O)cc1)NCc1cc(C(=O)OC)c(C)o1.I. The highest BCUT2D eigenvalue weighted by molar-refractivity contribution is 14.0. The molecule has 0 aliphatic carbocycles. The van der Waals surface area contributed by atoms with Gasteiger partial charge in [0.25, 0.3) is 0 Å². The predicted molar refractivity (Wildman–Crippen MR) is 125 cm³/mol. The van der Waals surface area contributed by atoms with Crippen LogP contribution in [0.5, 0.6) is 0 Å². The number of hydrogen-bond acceptors (Lipinski definition) is 5. The molecule has 3 rings (SSSR count). The summed E-state index contributed by atoms with van der Waals surface area (Å²) in [6.07, 6.45) is 1.54. The summed E-state index contributed by atoms with van der Waals surface area (Å²) in [4.78, 5) is 29.5. The van der Waals surface area contributed by atoms with Gasteiger partial charge in [-0.15, -0.1) is 24.0 Å². The summed E-state index contributed by atoms with van der Waals surface area (Å²) in [7, 11) is 3.03. The van der Waals surface area contributed by atoms with Gasteiger partial charge in [0.15, 0.2) is 5.96 Å². The van der Waals surface area contributed by atoms with Crippen molar-refractivity contribution in [3.63, 3.8) is 0 Å². The van der Waals surface area contributed by atoms with Gasteiger partial charge in [0.1, 0.15) is 17.1 Å². The summed E-state index contributed by atoms with van der Waals surface area (Å²) in [5, 5.41) is 6.39. The first kappa shape index (κ1) is 23.7. The highest BCUT2D eigenvalue weighted by Crippen LogP contribution is 2.21. The second-order valence-corrected chi connectivity index (χ2v) is 6.77. The Kier molecular flexibility index (Phi) is 8.70. The number of hydrogen-bond donors (Lipinski definition) is 2. The summed E-state index contributed by atoms with van der Waals surface area (Å²) in [6.45, 7) is 3.48. The molecule has 2 heterocycles. The molecule has 0 bridgehead atoms. The van der Waals surface area contributed by atoms with E-state index in [1.807, 2.05) is 29.2 Å². The molecule has 1 amide bonds. The predicted octanol–water partition coefficient (Wildman–Crippen LogP) is 2.98. The van der Waals surface area contributed by atoms with Crippen molar-refractivity contribution in [1.82, 2.24) is 10.6 Å². The second-order valence-electron chi connectivity index (χ2n) is 6.77. The molecule has 0 unspecified atom stereocenters. The number of methoxy groups -OCH3 is 1. The lowest BCUT2D eigenvalue weighted by molar-refractivity contribution is -0.117. The van der Waals surface area contributed by atoms with Gasteiger partial charge >= 0.3 is 5.97 Å². The van der Waals surface area contributed by atoms with Crippen molar-refractivity contribution in [3.05, 3.63) is 53.0 Å². The van der Waals surface area contributed by atoms with Crippen LogP contribution in [0.2, 0.25) is 0 Å². The van der Waals surface area contributed by atoms with Crippen molar-refractivity contribution in [2.24, 2.45) is 4.99 Å². The number of carbonyl (C=O) groups excluding carboxylic acids is 2. The third kappa shape index (κ3) is 5.74. The Morgan fingerprint density at radius 3 is 2.53 bits per heavy atom. The Balaban J connectivity index is 0.00000320. The number of rotatable bonds is 6. The zero-order valence-electron chi connectivity index (χ0n) is 17.4. The molecule has 0 atom stereocenters. The lowest BCUT2D eigenvalue weighted by Crippen LogP contribution is -2.36. The van der Waals surface area contributed by atoms with E-state index in [1.54, 1.807) is 20.0 Å². The van der Waals surface area contributed by atoms with Gasteiger partial charge in [0.2, 0.25) is 5.91 Å². The van der Waals surface area contributed by atoms with Crippen LogP contribution in [0.3, 0.4) is 0 Å². The molecule has 0 radical (unpaired) electrons. The van der Waals surface area contributed by atoms with E-state index in [9.17, 15) is 9.59 Å². The van der Waals surface area contributed by atoms with E-state index in [0.717, 1.165) is 24.2 Å². The summed E-state index contributed by atoms with van der Waals surface area (Å²) in [5.74, 6) is 1.51. The fraction of sp³-hybridized carbons (Fsp3) is 0.381. The third-order valence-corrected chi connectivity index (χ3v) is 4.81. The number of anilines is 1. The van der Waals surface area contributed by atoms with E-state index in [4.69, 9.17) is 9.15 Å². The van der Waals surface area contributed by atoms with Crippen LogP contribution in [0, 0.1) is 6.92 Å². The smallest absolute Gasteiger partial charge is 0.341 e. The van der Waals surface area contributed by atoms with E-state index in [-0.39, 0.29) is 29.9 Å². The van der Waals surface area contributed by atoms with Crippen LogP contribution in [0.1, 0.15) is 40.3 Å². The van der Waals surface area contributed by atoms with Crippen LogP contribution in [0.4, 0.5) is 5.69 Å². The molecule has 0 saturated carbocycles. The zero-order valence-corrected chi connectivity index (χ0v) is 19.7. The molecule has 1 aromatic carbocycles. The third-order valence-electron chi connectivity index (χ3n) is 4.81. The van der Waals surface area contributed by atoms with Crippen LogP contribution in [-0.2, 0) is 22.6 Å². The van der Waals surface area contributed by atoms with E-state index < -0.39 is 5.97 Å². The molecule has 1 saturated heterocycles. The largest absolute Gasteiger partial charge is 0.465 e. The molecular formula is C21H27IN4O4. The van der Waals surface area contributed by atoms with Crippen molar-refractivity contribution < 1.29 is 18.7 Å². The number of benzene rings is 1. The lowest BCUT2D eigenvalue weighted by Gasteiger charge is -2.16. The van der Waals surface area contributed by atoms with Gasteiger partial charge < -0.3 is 24.7 Å². The Morgan fingerprint density at radius 1 is 1.23 bits per heavy atom. The fourth-order valence-corrected chi connectivity index (χ4v) is 3.24. The summed E-state index contributed by atoms with van der Waals surface area (Å²) < 4.78 is 10.3. The van der Waals surface area contributed by atoms with Crippen LogP contribution in [0.25, 0.3) is 0 Å². The molecule has 1 fully saturated rings. The maximum absolute atomic E-state index is 11.8. The Morgan fingerprint density at radius 2 is 1.93 bits per heavy atom. The average molecular weight is 526 g/mol. The Labute approximate surface area is 193 Å². The molecule has 1 aromatic heterocycles. The molecular weight excluding hydrogens is 499 g/mol. The summed E-state index contributed by atoms with van der Waals surface area (Å²) in [5.41, 5.74) is 2.43. The van der Waals surface area contributed by atoms with E-state index in [2.05, 4.69) is 15.6 Å². The van der Waals surface area contributed by atoms with Gasteiger partial charge in [-0.25, -0.2) is 4.79 Å². The fourth-order valence-electron chi connectivity index (χ4n) is 3.24. The molecule has 2 N–H and O–H groups in total. The monoisotopic (exact) mass is 526 g/mol. The lowest BCUT2D eigenvalue weighted by atomic mass is 10.2. The molecule has 1 aliphatic rings. The number of ether oxygens (including phenoxy) is 1.